The second-order valence-corrected chi connectivity index (χ2v) is 7.81. The maximum atomic E-state index is 13.8. The molecule has 0 saturated carbocycles. The highest BCUT2D eigenvalue weighted by Gasteiger charge is 2.28. The Morgan fingerprint density at radius 3 is 1.21 bits per heavy atom. The van der Waals surface area contributed by atoms with Gasteiger partial charge in [0.15, 0.2) is 0 Å². The van der Waals surface area contributed by atoms with Gasteiger partial charge in [-0.05, 0) is 80.9 Å². The molecule has 0 N–H and O–H groups in total. The molecule has 162 valence electrons. The van der Waals surface area contributed by atoms with Gasteiger partial charge in [-0.25, -0.2) is 17.6 Å². The molecule has 6 heteroatoms. The van der Waals surface area contributed by atoms with Crippen LogP contribution in [0.15, 0.2) is 78.4 Å². The smallest absolute Gasteiger partial charge is 0.138 e. The normalized spacial score (nSPS) is 11.4. The molecule has 0 amide bonds. The molecule has 0 fully saturated rings. The highest BCUT2D eigenvalue weighted by molar-refractivity contribution is 6.05. The van der Waals surface area contributed by atoms with E-state index >= 15 is 0 Å². The van der Waals surface area contributed by atoms with Crippen LogP contribution in [0.2, 0.25) is 0 Å². The third kappa shape index (κ3) is 3.52. The molecule has 0 aromatic heterocycles. The highest BCUT2D eigenvalue weighted by atomic mass is 19.1. The zero-order valence-electron chi connectivity index (χ0n) is 17.3. The zero-order valence-corrected chi connectivity index (χ0v) is 17.3. The Kier molecular flexibility index (Phi) is 5.00. The number of nitrogens with zero attached hydrogens (tertiary/aromatic N) is 2. The Labute approximate surface area is 192 Å². The summed E-state index contributed by atoms with van der Waals surface area (Å²) in [6.45, 7) is 0. The van der Waals surface area contributed by atoms with E-state index in [0.717, 1.165) is 23.3 Å². The second-order valence-electron chi connectivity index (χ2n) is 7.81. The van der Waals surface area contributed by atoms with Crippen LogP contribution < -0.4 is 0 Å². The van der Waals surface area contributed by atoms with Gasteiger partial charge in [-0.3, -0.25) is 0 Å². The molecule has 4 aromatic rings. The van der Waals surface area contributed by atoms with Crippen LogP contribution in [0, 0.1) is 45.9 Å². The molecule has 0 saturated heterocycles. The summed E-state index contributed by atoms with van der Waals surface area (Å²) in [6, 6.07) is 20.4. The largest absolute Gasteiger partial charge is 0.207 e. The molecular weight excluding hydrogens is 440 g/mol. The Bertz CT molecular complexity index is 1460. The average Bonchev–Trinajstić information content (AvgIpc) is 3.12. The van der Waals surface area contributed by atoms with Crippen molar-refractivity contribution in [3.63, 3.8) is 0 Å². The molecule has 0 unspecified atom stereocenters. The fourth-order valence-corrected chi connectivity index (χ4v) is 4.32. The van der Waals surface area contributed by atoms with Gasteiger partial charge < -0.3 is 0 Å². The van der Waals surface area contributed by atoms with Crippen LogP contribution in [-0.4, -0.2) is 0 Å². The topological polar surface area (TPSA) is 47.6 Å². The van der Waals surface area contributed by atoms with E-state index in [1.54, 1.807) is 36.4 Å². The summed E-state index contributed by atoms with van der Waals surface area (Å²) >= 11 is 0. The summed E-state index contributed by atoms with van der Waals surface area (Å²) in [5.41, 5.74) is 4.39. The molecule has 0 atom stereocenters. The van der Waals surface area contributed by atoms with Crippen molar-refractivity contribution in [3.05, 3.63) is 113 Å². The summed E-state index contributed by atoms with van der Waals surface area (Å²) in [5.74, 6) is -2.90. The Morgan fingerprint density at radius 1 is 0.471 bits per heavy atom. The SMILES string of the molecule is N#CC(C#N)=C1c2cc(-c3cc(F)cc(F)c3)ccc2-c2ccc(-c3cc(F)cc(F)c3)cc21. The molecule has 5 rings (SSSR count). The number of halogens is 4. The summed E-state index contributed by atoms with van der Waals surface area (Å²) in [6.07, 6.45) is 0. The van der Waals surface area contributed by atoms with Crippen LogP contribution in [-0.2, 0) is 0 Å². The molecule has 1 aliphatic rings. The van der Waals surface area contributed by atoms with Gasteiger partial charge in [-0.1, -0.05) is 24.3 Å². The first-order valence-corrected chi connectivity index (χ1v) is 10.1. The monoisotopic (exact) mass is 452 g/mol. The lowest BCUT2D eigenvalue weighted by Gasteiger charge is -2.08. The summed E-state index contributed by atoms with van der Waals surface area (Å²) in [7, 11) is 0. The summed E-state index contributed by atoms with van der Waals surface area (Å²) < 4.78 is 55.2. The Morgan fingerprint density at radius 2 is 0.853 bits per heavy atom. The van der Waals surface area contributed by atoms with Gasteiger partial charge >= 0.3 is 0 Å². The van der Waals surface area contributed by atoms with Crippen LogP contribution in [0.25, 0.3) is 39.0 Å². The minimum atomic E-state index is -0.726. The summed E-state index contributed by atoms with van der Waals surface area (Å²) in [4.78, 5) is 0. The fourth-order valence-electron chi connectivity index (χ4n) is 4.32. The number of hydrogen-bond donors (Lipinski definition) is 0. The first-order valence-electron chi connectivity index (χ1n) is 10.1. The van der Waals surface area contributed by atoms with E-state index in [1.807, 2.05) is 12.1 Å². The lowest BCUT2D eigenvalue weighted by Crippen LogP contribution is -1.90. The third-order valence-electron chi connectivity index (χ3n) is 5.73. The lowest BCUT2D eigenvalue weighted by atomic mass is 9.94. The van der Waals surface area contributed by atoms with Gasteiger partial charge in [0.2, 0.25) is 0 Å². The number of rotatable bonds is 2. The number of fused-ring (bicyclic) bond motifs is 3. The number of allylic oxidation sites excluding steroid dienone is 1. The second kappa shape index (κ2) is 8.03. The lowest BCUT2D eigenvalue weighted by molar-refractivity contribution is 0.583. The van der Waals surface area contributed by atoms with Crippen LogP contribution >= 0.6 is 0 Å². The van der Waals surface area contributed by atoms with Gasteiger partial charge in [0.1, 0.15) is 41.0 Å². The van der Waals surface area contributed by atoms with Crippen LogP contribution in [0.4, 0.5) is 17.6 Å². The van der Waals surface area contributed by atoms with Crippen molar-refractivity contribution in [2.75, 3.05) is 0 Å². The van der Waals surface area contributed by atoms with E-state index in [2.05, 4.69) is 0 Å². The highest BCUT2D eigenvalue weighted by Crippen LogP contribution is 2.48. The maximum absolute atomic E-state index is 13.8. The molecule has 0 bridgehead atoms. The van der Waals surface area contributed by atoms with Crippen molar-refractivity contribution in [2.45, 2.75) is 0 Å². The quantitative estimate of drug-likeness (QED) is 0.207. The van der Waals surface area contributed by atoms with Gasteiger partial charge in [0, 0.05) is 17.7 Å². The van der Waals surface area contributed by atoms with E-state index in [9.17, 15) is 28.1 Å². The third-order valence-corrected chi connectivity index (χ3v) is 5.73. The van der Waals surface area contributed by atoms with Gasteiger partial charge in [0.25, 0.3) is 0 Å². The molecule has 0 spiro atoms. The standard InChI is InChI=1S/C28H12F4N2/c29-20-5-17(6-21(30)11-20)15-1-3-24-25-4-2-16(18-7-22(31)12-23(32)8-18)10-27(25)28(26(24)9-15)19(13-33)14-34/h1-12H. The molecule has 0 radical (unpaired) electrons. The van der Waals surface area contributed by atoms with Gasteiger partial charge in [-0.15, -0.1) is 0 Å². The average molecular weight is 452 g/mol. The first kappa shape index (κ1) is 21.2. The van der Waals surface area contributed by atoms with Gasteiger partial charge in [-0.2, -0.15) is 10.5 Å². The zero-order chi connectivity index (χ0) is 24.0. The van der Waals surface area contributed by atoms with Crippen molar-refractivity contribution < 1.29 is 17.6 Å². The van der Waals surface area contributed by atoms with Crippen molar-refractivity contribution in [3.8, 4) is 45.5 Å². The van der Waals surface area contributed by atoms with Crippen molar-refractivity contribution >= 4 is 5.57 Å². The van der Waals surface area contributed by atoms with E-state index in [-0.39, 0.29) is 5.57 Å². The number of hydrogen-bond acceptors (Lipinski definition) is 2. The van der Waals surface area contributed by atoms with Crippen molar-refractivity contribution in [2.24, 2.45) is 0 Å². The minimum Gasteiger partial charge on any atom is -0.207 e. The van der Waals surface area contributed by atoms with Crippen LogP contribution in [0.1, 0.15) is 11.1 Å². The van der Waals surface area contributed by atoms with Crippen molar-refractivity contribution in [1.82, 2.24) is 0 Å². The maximum Gasteiger partial charge on any atom is 0.138 e. The fraction of sp³-hybridized carbons (Fsp3) is 0. The Balaban J connectivity index is 1.73. The van der Waals surface area contributed by atoms with Gasteiger partial charge in [0.05, 0.1) is 0 Å². The Hall–Kier alpha value is -4.68. The molecular formula is C28H12F4N2. The molecule has 0 aliphatic heterocycles. The first-order chi connectivity index (χ1) is 16.4. The number of nitriles is 2. The van der Waals surface area contributed by atoms with Crippen LogP contribution in [0.5, 0.6) is 0 Å². The molecule has 2 nitrogen and oxygen atoms in total. The molecule has 34 heavy (non-hydrogen) atoms. The van der Waals surface area contributed by atoms with E-state index < -0.39 is 23.3 Å². The van der Waals surface area contributed by atoms with E-state index in [0.29, 0.717) is 39.0 Å². The van der Waals surface area contributed by atoms with Crippen molar-refractivity contribution in [1.29, 1.82) is 10.5 Å². The predicted molar refractivity (Wildman–Crippen MR) is 120 cm³/mol. The summed E-state index contributed by atoms with van der Waals surface area (Å²) in [5, 5.41) is 19.3. The molecule has 4 aromatic carbocycles. The van der Waals surface area contributed by atoms with E-state index in [1.165, 1.54) is 24.3 Å². The molecule has 1 aliphatic carbocycles. The molecule has 0 heterocycles. The number of benzene rings is 4. The minimum absolute atomic E-state index is 0.148. The predicted octanol–water partition coefficient (Wildman–Crippen LogP) is 7.41. The van der Waals surface area contributed by atoms with E-state index in [4.69, 9.17) is 0 Å². The van der Waals surface area contributed by atoms with Crippen LogP contribution in [0.3, 0.4) is 0 Å².